The molecule has 0 bridgehead atoms. The van der Waals surface area contributed by atoms with Crippen molar-refractivity contribution < 1.29 is 39.8 Å². The van der Waals surface area contributed by atoms with Gasteiger partial charge in [0.1, 0.15) is 24.4 Å². The van der Waals surface area contributed by atoms with Crippen molar-refractivity contribution in [2.75, 3.05) is 13.2 Å². The molecule has 0 aromatic heterocycles. The van der Waals surface area contributed by atoms with Gasteiger partial charge in [-0.2, -0.15) is 0 Å². The summed E-state index contributed by atoms with van der Waals surface area (Å²) in [4.78, 5) is 13.2. The van der Waals surface area contributed by atoms with Gasteiger partial charge in [-0.05, 0) is 70.6 Å². The van der Waals surface area contributed by atoms with E-state index in [1.165, 1.54) is 302 Å². The van der Waals surface area contributed by atoms with Crippen LogP contribution in [0.15, 0.2) is 72.9 Å². The first-order valence-corrected chi connectivity index (χ1v) is 39.7. The van der Waals surface area contributed by atoms with Crippen LogP contribution in [0.25, 0.3) is 0 Å². The Morgan fingerprint density at radius 2 is 0.692 bits per heavy atom. The number of nitrogens with one attached hydrogen (secondary N) is 1. The van der Waals surface area contributed by atoms with Crippen molar-refractivity contribution in [2.24, 2.45) is 0 Å². The standard InChI is InChI=1S/C82H151NO8/c1-3-5-7-9-11-13-15-17-19-21-23-25-27-29-31-33-34-35-36-37-38-39-40-41-42-44-46-48-50-52-54-56-58-60-62-64-66-68-70-72-78(86)83-75(74-90-82-81(89)80(88)79(87)77(73-84)91-82)76(85)71-69-67-65-63-61-59-57-55-53-51-49-47-45-43-32-30-28-26-24-22-20-18-16-14-12-10-8-6-4-2/h5,7,11,13,17,19,23,25,61,63,69,71,75-77,79-82,84-85,87-89H,3-4,6,8-10,12,14-16,18,20-22,24,26-60,62,64-68,70,72-74H2,1-2H3,(H,83,86)/b7-5-,13-11-,19-17-,25-23-,63-61+,71-69+. The number of aliphatic hydroxyl groups is 5. The molecule has 0 aromatic carbocycles. The summed E-state index contributed by atoms with van der Waals surface area (Å²) in [7, 11) is 0. The summed E-state index contributed by atoms with van der Waals surface area (Å²) in [6.07, 6.45) is 93.4. The van der Waals surface area contributed by atoms with Gasteiger partial charge in [0.25, 0.3) is 0 Å². The molecule has 0 aliphatic carbocycles. The second-order valence-electron chi connectivity index (χ2n) is 27.5. The predicted molar refractivity (Wildman–Crippen MR) is 392 cm³/mol. The average Bonchev–Trinajstić information content (AvgIpc) is 1.33. The fourth-order valence-corrected chi connectivity index (χ4v) is 12.6. The van der Waals surface area contributed by atoms with Gasteiger partial charge in [-0.1, -0.05) is 382 Å². The molecule has 1 aliphatic heterocycles. The fourth-order valence-electron chi connectivity index (χ4n) is 12.6. The number of hydrogen-bond acceptors (Lipinski definition) is 8. The van der Waals surface area contributed by atoms with Crippen molar-refractivity contribution in [3.8, 4) is 0 Å². The lowest BCUT2D eigenvalue weighted by atomic mass is 9.99. The van der Waals surface area contributed by atoms with Gasteiger partial charge >= 0.3 is 0 Å². The first-order valence-electron chi connectivity index (χ1n) is 39.7. The number of hydrogen-bond donors (Lipinski definition) is 6. The van der Waals surface area contributed by atoms with Crippen molar-refractivity contribution in [1.29, 1.82) is 0 Å². The lowest BCUT2D eigenvalue weighted by Gasteiger charge is -2.40. The Labute approximate surface area is 563 Å². The molecule has 1 heterocycles. The Hall–Kier alpha value is -2.37. The summed E-state index contributed by atoms with van der Waals surface area (Å²) >= 11 is 0. The minimum absolute atomic E-state index is 0.179. The van der Waals surface area contributed by atoms with E-state index < -0.39 is 49.5 Å². The first-order chi connectivity index (χ1) is 44.8. The van der Waals surface area contributed by atoms with E-state index in [0.717, 1.165) is 64.2 Å². The summed E-state index contributed by atoms with van der Waals surface area (Å²) in [5, 5.41) is 54.9. The SMILES string of the molecule is CC/C=C\C/C=C\C/C=C\C/C=C\CCCCCCCCCCCCCCCCCCCCCCCCCCCCC(=O)NC(COC1OC(CO)C(O)C(O)C1O)C(O)/C=C/CC/C=C/CCCCCCCCCCCCCCCCCCCCCCCCC. The van der Waals surface area contributed by atoms with E-state index in [4.69, 9.17) is 9.47 Å². The van der Waals surface area contributed by atoms with Crippen LogP contribution >= 0.6 is 0 Å². The van der Waals surface area contributed by atoms with Gasteiger partial charge in [-0.3, -0.25) is 4.79 Å². The largest absolute Gasteiger partial charge is 0.394 e. The van der Waals surface area contributed by atoms with E-state index in [1.54, 1.807) is 6.08 Å². The van der Waals surface area contributed by atoms with Crippen LogP contribution in [-0.2, 0) is 14.3 Å². The molecule has 9 heteroatoms. The van der Waals surface area contributed by atoms with Gasteiger partial charge in [-0.25, -0.2) is 0 Å². The van der Waals surface area contributed by atoms with Gasteiger partial charge in [-0.15, -0.1) is 0 Å². The molecular formula is C82H151NO8. The molecule has 7 atom stereocenters. The number of unbranched alkanes of at least 4 members (excludes halogenated alkanes) is 50. The van der Waals surface area contributed by atoms with Crippen LogP contribution in [0.2, 0.25) is 0 Å². The molecule has 1 saturated heterocycles. The summed E-state index contributed by atoms with van der Waals surface area (Å²) in [6.45, 7) is 3.70. The third kappa shape index (κ3) is 58.7. The average molecular weight is 1280 g/mol. The zero-order valence-corrected chi connectivity index (χ0v) is 59.9. The highest BCUT2D eigenvalue weighted by Gasteiger charge is 2.44. The van der Waals surface area contributed by atoms with Crippen LogP contribution in [0.3, 0.4) is 0 Å². The maximum atomic E-state index is 13.2. The van der Waals surface area contributed by atoms with Gasteiger partial charge in [0.05, 0.1) is 25.4 Å². The molecule has 1 amide bonds. The molecule has 1 fully saturated rings. The third-order valence-corrected chi connectivity index (χ3v) is 18.8. The number of ether oxygens (including phenoxy) is 2. The highest BCUT2D eigenvalue weighted by atomic mass is 16.7. The number of amides is 1. The second kappa shape index (κ2) is 70.4. The van der Waals surface area contributed by atoms with Gasteiger partial charge < -0.3 is 40.3 Å². The highest BCUT2D eigenvalue weighted by molar-refractivity contribution is 5.76. The maximum absolute atomic E-state index is 13.2. The number of carbonyl (C=O) groups excluding carboxylic acids is 1. The van der Waals surface area contributed by atoms with Gasteiger partial charge in [0.2, 0.25) is 5.91 Å². The van der Waals surface area contributed by atoms with E-state index in [9.17, 15) is 30.3 Å². The van der Waals surface area contributed by atoms with Crippen LogP contribution in [0.5, 0.6) is 0 Å². The summed E-state index contributed by atoms with van der Waals surface area (Å²) in [6, 6.07) is -0.824. The Morgan fingerprint density at radius 1 is 0.385 bits per heavy atom. The second-order valence-corrected chi connectivity index (χ2v) is 27.5. The van der Waals surface area contributed by atoms with Crippen LogP contribution in [-0.4, -0.2) is 87.5 Å². The van der Waals surface area contributed by atoms with Crippen LogP contribution in [0.1, 0.15) is 386 Å². The van der Waals surface area contributed by atoms with Crippen LogP contribution < -0.4 is 5.32 Å². The fraction of sp³-hybridized carbons (Fsp3) is 0.841. The minimum Gasteiger partial charge on any atom is -0.394 e. The topological polar surface area (TPSA) is 149 Å². The number of carbonyl (C=O) groups is 1. The van der Waals surface area contributed by atoms with E-state index >= 15 is 0 Å². The molecule has 91 heavy (non-hydrogen) atoms. The summed E-state index contributed by atoms with van der Waals surface area (Å²) in [5.74, 6) is -0.179. The van der Waals surface area contributed by atoms with Gasteiger partial charge in [0, 0.05) is 6.42 Å². The molecule has 0 spiro atoms. The van der Waals surface area contributed by atoms with Crippen molar-refractivity contribution >= 4 is 5.91 Å². The maximum Gasteiger partial charge on any atom is 0.220 e. The predicted octanol–water partition coefficient (Wildman–Crippen LogP) is 22.7. The first kappa shape index (κ1) is 86.6. The zero-order valence-electron chi connectivity index (χ0n) is 59.9. The Kier molecular flexibility index (Phi) is 67.1. The third-order valence-electron chi connectivity index (χ3n) is 18.8. The molecule has 9 nitrogen and oxygen atoms in total. The molecule has 532 valence electrons. The molecule has 0 radical (unpaired) electrons. The molecule has 1 rings (SSSR count). The summed E-state index contributed by atoms with van der Waals surface area (Å²) < 4.78 is 11.3. The Morgan fingerprint density at radius 3 is 1.05 bits per heavy atom. The Bertz CT molecular complexity index is 1670. The molecule has 6 N–H and O–H groups in total. The molecule has 0 aromatic rings. The summed E-state index contributed by atoms with van der Waals surface area (Å²) in [5.41, 5.74) is 0. The van der Waals surface area contributed by atoms with Crippen LogP contribution in [0, 0.1) is 0 Å². The van der Waals surface area contributed by atoms with Crippen molar-refractivity contribution in [2.45, 2.75) is 429 Å². The molecular weight excluding hydrogens is 1130 g/mol. The van der Waals surface area contributed by atoms with E-state index in [2.05, 4.69) is 79.9 Å². The quantitative estimate of drug-likeness (QED) is 0.0261. The number of aliphatic hydroxyl groups excluding tert-OH is 5. The Balaban J connectivity index is 2.07. The monoisotopic (exact) mass is 1280 g/mol. The minimum atomic E-state index is -1.57. The molecule has 0 saturated carbocycles. The van der Waals surface area contributed by atoms with Crippen molar-refractivity contribution in [3.05, 3.63) is 72.9 Å². The molecule has 7 unspecified atom stereocenters. The van der Waals surface area contributed by atoms with Crippen molar-refractivity contribution in [3.63, 3.8) is 0 Å². The van der Waals surface area contributed by atoms with Gasteiger partial charge in [0.15, 0.2) is 6.29 Å². The normalized spacial score (nSPS) is 18.1. The lowest BCUT2D eigenvalue weighted by Crippen LogP contribution is -2.60. The smallest absolute Gasteiger partial charge is 0.220 e. The van der Waals surface area contributed by atoms with Crippen LogP contribution in [0.4, 0.5) is 0 Å². The lowest BCUT2D eigenvalue weighted by molar-refractivity contribution is -0.302. The van der Waals surface area contributed by atoms with Crippen molar-refractivity contribution in [1.82, 2.24) is 5.32 Å². The molecule has 1 aliphatic rings. The van der Waals surface area contributed by atoms with E-state index in [0.29, 0.717) is 6.42 Å². The number of rotatable bonds is 70. The number of allylic oxidation sites excluding steroid dienone is 11. The van der Waals surface area contributed by atoms with E-state index in [1.807, 2.05) is 6.08 Å². The highest BCUT2D eigenvalue weighted by Crippen LogP contribution is 2.24. The van der Waals surface area contributed by atoms with E-state index in [-0.39, 0.29) is 12.5 Å². The zero-order chi connectivity index (χ0) is 65.7.